The fourth-order valence-corrected chi connectivity index (χ4v) is 1.22. The molecule has 1 aromatic heterocycles. The molecular formula is C9H11F3N2O. The van der Waals surface area contributed by atoms with Crippen molar-refractivity contribution in [2.45, 2.75) is 26.1 Å². The second-order valence-corrected chi connectivity index (χ2v) is 3.14. The Morgan fingerprint density at radius 3 is 2.40 bits per heavy atom. The molecule has 3 nitrogen and oxygen atoms in total. The van der Waals surface area contributed by atoms with Gasteiger partial charge in [-0.15, -0.1) is 0 Å². The van der Waals surface area contributed by atoms with Crippen LogP contribution < -0.4 is 0 Å². The average molecular weight is 220 g/mol. The van der Waals surface area contributed by atoms with Crippen LogP contribution in [0.4, 0.5) is 13.2 Å². The normalized spacial score (nSPS) is 14.0. The van der Waals surface area contributed by atoms with Gasteiger partial charge in [0.15, 0.2) is 5.82 Å². The minimum absolute atomic E-state index is 0.438. The molecule has 0 spiro atoms. The molecule has 1 unspecified atom stereocenters. The third-order valence-corrected chi connectivity index (χ3v) is 2.15. The first kappa shape index (κ1) is 11.8. The Labute approximate surface area is 84.9 Å². The monoisotopic (exact) mass is 220 g/mol. The van der Waals surface area contributed by atoms with Crippen LogP contribution in [0.5, 0.6) is 0 Å². The lowest BCUT2D eigenvalue weighted by atomic mass is 10.3. The first-order chi connectivity index (χ1) is 6.79. The van der Waals surface area contributed by atoms with Crippen molar-refractivity contribution in [1.82, 2.24) is 9.55 Å². The average Bonchev–Trinajstić information content (AvgIpc) is 2.40. The molecule has 6 heteroatoms. The van der Waals surface area contributed by atoms with Crippen molar-refractivity contribution < 1.29 is 18.3 Å². The van der Waals surface area contributed by atoms with E-state index in [-0.39, 0.29) is 0 Å². The minimum Gasteiger partial charge on any atom is -0.377 e. The largest absolute Gasteiger partial charge is 0.421 e. The van der Waals surface area contributed by atoms with E-state index in [9.17, 15) is 13.2 Å². The number of hydrogen-bond acceptors (Lipinski definition) is 2. The minimum atomic E-state index is -4.72. The summed E-state index contributed by atoms with van der Waals surface area (Å²) in [6.45, 7) is 6.55. The van der Waals surface area contributed by atoms with Gasteiger partial charge in [-0.3, -0.25) is 0 Å². The summed E-state index contributed by atoms with van der Waals surface area (Å²) in [7, 11) is 0. The second-order valence-electron chi connectivity index (χ2n) is 3.14. The number of aryl methyl sites for hydroxylation is 1. The van der Waals surface area contributed by atoms with Gasteiger partial charge in [-0.2, -0.15) is 13.2 Å². The van der Waals surface area contributed by atoms with Gasteiger partial charge in [0.25, 0.3) is 0 Å². The third-order valence-electron chi connectivity index (χ3n) is 2.15. The van der Waals surface area contributed by atoms with Crippen LogP contribution >= 0.6 is 0 Å². The predicted molar refractivity (Wildman–Crippen MR) is 49.1 cm³/mol. The highest BCUT2D eigenvalue weighted by Crippen LogP contribution is 2.32. The highest BCUT2D eigenvalue weighted by molar-refractivity contribution is 5.30. The van der Waals surface area contributed by atoms with Crippen LogP contribution in [0.3, 0.4) is 0 Å². The zero-order chi connectivity index (χ0) is 11.8. The van der Waals surface area contributed by atoms with Gasteiger partial charge in [0.2, 0.25) is 6.10 Å². The molecule has 1 aromatic rings. The standard InChI is InChI=1S/C9H11F3N2O/c1-4-14-6(3)5(2)13-8(14)7(15)9(10,11)12/h4,7,15H,1H2,2-3H3. The summed E-state index contributed by atoms with van der Waals surface area (Å²) < 4.78 is 37.9. The Balaban J connectivity index is 3.26. The molecule has 1 rings (SSSR count). The van der Waals surface area contributed by atoms with Gasteiger partial charge in [-0.05, 0) is 13.8 Å². The van der Waals surface area contributed by atoms with Crippen LogP contribution in [-0.2, 0) is 0 Å². The second kappa shape index (κ2) is 3.69. The lowest BCUT2D eigenvalue weighted by molar-refractivity contribution is -0.209. The Morgan fingerprint density at radius 1 is 1.47 bits per heavy atom. The van der Waals surface area contributed by atoms with Gasteiger partial charge in [-0.25, -0.2) is 4.98 Å². The Hall–Kier alpha value is -1.30. The zero-order valence-electron chi connectivity index (χ0n) is 8.34. The number of halogens is 3. The molecule has 0 aliphatic rings. The highest BCUT2D eigenvalue weighted by Gasteiger charge is 2.42. The molecule has 0 fully saturated rings. The molecule has 0 bridgehead atoms. The number of aliphatic hydroxyl groups is 1. The SMILES string of the molecule is C=Cn1c(C(O)C(F)(F)F)nc(C)c1C. The maximum Gasteiger partial charge on any atom is 0.421 e. The van der Waals surface area contributed by atoms with Crippen molar-refractivity contribution in [3.05, 3.63) is 23.8 Å². The highest BCUT2D eigenvalue weighted by atomic mass is 19.4. The topological polar surface area (TPSA) is 38.0 Å². The summed E-state index contributed by atoms with van der Waals surface area (Å²) in [4.78, 5) is 3.67. The molecule has 84 valence electrons. The first-order valence-corrected chi connectivity index (χ1v) is 4.21. The number of imidazole rings is 1. The molecule has 0 saturated heterocycles. The number of hydrogen-bond donors (Lipinski definition) is 1. The quantitative estimate of drug-likeness (QED) is 0.829. The summed E-state index contributed by atoms with van der Waals surface area (Å²) in [5.41, 5.74) is 0.969. The Morgan fingerprint density at radius 2 is 2.00 bits per heavy atom. The lowest BCUT2D eigenvalue weighted by Crippen LogP contribution is -2.23. The van der Waals surface area contributed by atoms with Gasteiger partial charge in [0, 0.05) is 11.9 Å². The third kappa shape index (κ3) is 2.04. The summed E-state index contributed by atoms with van der Waals surface area (Å²) in [5, 5.41) is 9.05. The molecule has 0 radical (unpaired) electrons. The van der Waals surface area contributed by atoms with E-state index in [0.717, 1.165) is 4.57 Å². The van der Waals surface area contributed by atoms with Crippen LogP contribution in [0.25, 0.3) is 6.20 Å². The molecule has 1 atom stereocenters. The maximum absolute atomic E-state index is 12.3. The molecule has 1 N–H and O–H groups in total. The van der Waals surface area contributed by atoms with E-state index in [2.05, 4.69) is 11.6 Å². The summed E-state index contributed by atoms with van der Waals surface area (Å²) in [6, 6.07) is 0. The van der Waals surface area contributed by atoms with E-state index in [4.69, 9.17) is 5.11 Å². The molecular weight excluding hydrogens is 209 g/mol. The van der Waals surface area contributed by atoms with E-state index in [1.54, 1.807) is 13.8 Å². The van der Waals surface area contributed by atoms with Gasteiger partial charge in [0.1, 0.15) is 0 Å². The van der Waals surface area contributed by atoms with Crippen molar-refractivity contribution in [2.75, 3.05) is 0 Å². The smallest absolute Gasteiger partial charge is 0.377 e. The number of rotatable bonds is 2. The molecule has 15 heavy (non-hydrogen) atoms. The summed E-state index contributed by atoms with van der Waals surface area (Å²) in [6.07, 6.45) is -6.10. The Kier molecular flexibility index (Phi) is 2.90. The van der Waals surface area contributed by atoms with Crippen LogP contribution in [0, 0.1) is 13.8 Å². The zero-order valence-corrected chi connectivity index (χ0v) is 8.34. The Bertz CT molecular complexity index is 381. The van der Waals surface area contributed by atoms with Crippen LogP contribution in [0.1, 0.15) is 23.3 Å². The van der Waals surface area contributed by atoms with Crippen molar-refractivity contribution in [2.24, 2.45) is 0 Å². The van der Waals surface area contributed by atoms with Gasteiger partial charge >= 0.3 is 6.18 Å². The molecule has 0 aromatic carbocycles. The first-order valence-electron chi connectivity index (χ1n) is 4.21. The number of aromatic nitrogens is 2. The maximum atomic E-state index is 12.3. The van der Waals surface area contributed by atoms with Gasteiger partial charge in [-0.1, -0.05) is 6.58 Å². The van der Waals surface area contributed by atoms with E-state index in [1.165, 1.54) is 6.20 Å². The van der Waals surface area contributed by atoms with Crippen LogP contribution in [0.2, 0.25) is 0 Å². The lowest BCUT2D eigenvalue weighted by Gasteiger charge is -2.14. The number of nitrogens with zero attached hydrogens (tertiary/aromatic N) is 2. The molecule has 0 saturated carbocycles. The van der Waals surface area contributed by atoms with E-state index < -0.39 is 18.1 Å². The summed E-state index contributed by atoms with van der Waals surface area (Å²) >= 11 is 0. The molecule has 0 aliphatic carbocycles. The number of aliphatic hydroxyl groups excluding tert-OH is 1. The predicted octanol–water partition coefficient (Wildman–Crippen LogP) is 2.20. The van der Waals surface area contributed by atoms with Crippen LogP contribution in [-0.4, -0.2) is 20.8 Å². The molecule has 0 amide bonds. The van der Waals surface area contributed by atoms with Crippen molar-refractivity contribution in [1.29, 1.82) is 0 Å². The molecule has 1 heterocycles. The van der Waals surface area contributed by atoms with E-state index in [0.29, 0.717) is 11.4 Å². The van der Waals surface area contributed by atoms with E-state index >= 15 is 0 Å². The van der Waals surface area contributed by atoms with Crippen molar-refractivity contribution >= 4 is 6.20 Å². The van der Waals surface area contributed by atoms with Crippen LogP contribution in [0.15, 0.2) is 6.58 Å². The fourth-order valence-electron chi connectivity index (χ4n) is 1.22. The van der Waals surface area contributed by atoms with Crippen molar-refractivity contribution in [3.63, 3.8) is 0 Å². The van der Waals surface area contributed by atoms with Gasteiger partial charge < -0.3 is 9.67 Å². The number of alkyl halides is 3. The molecule has 0 aliphatic heterocycles. The van der Waals surface area contributed by atoms with Gasteiger partial charge in [0.05, 0.1) is 5.69 Å². The summed E-state index contributed by atoms with van der Waals surface area (Å²) in [5.74, 6) is -0.451. The van der Waals surface area contributed by atoms with E-state index in [1.807, 2.05) is 0 Å². The fraction of sp³-hybridized carbons (Fsp3) is 0.444. The van der Waals surface area contributed by atoms with Crippen molar-refractivity contribution in [3.8, 4) is 0 Å².